The first kappa shape index (κ1) is 10.7. The monoisotopic (exact) mass is 187 g/mol. The van der Waals surface area contributed by atoms with Crippen molar-refractivity contribution in [2.24, 2.45) is 5.92 Å². The van der Waals surface area contributed by atoms with Crippen LogP contribution < -0.4 is 0 Å². The molecule has 0 atom stereocenters. The summed E-state index contributed by atoms with van der Waals surface area (Å²) in [5.74, 6) is 0.833. The lowest BCUT2D eigenvalue weighted by atomic mass is 10.2. The van der Waals surface area contributed by atoms with Gasteiger partial charge in [0.25, 0.3) is 0 Å². The van der Waals surface area contributed by atoms with Crippen molar-refractivity contribution in [3.63, 3.8) is 0 Å². The van der Waals surface area contributed by atoms with Crippen molar-refractivity contribution in [1.82, 2.24) is 4.98 Å². The third kappa shape index (κ3) is 3.56. The number of fused-ring (bicyclic) bond motifs is 1. The Morgan fingerprint density at radius 1 is 0.929 bits per heavy atom. The zero-order valence-electron chi connectivity index (χ0n) is 9.07. The first-order valence-corrected chi connectivity index (χ1v) is 4.99. The van der Waals surface area contributed by atoms with Crippen LogP contribution >= 0.6 is 0 Å². The third-order valence-electron chi connectivity index (χ3n) is 1.55. The predicted octanol–water partition coefficient (Wildman–Crippen LogP) is 3.90. The van der Waals surface area contributed by atoms with Crippen LogP contribution in [0, 0.1) is 5.92 Å². The largest absolute Gasteiger partial charge is 0.264 e. The Hall–Kier alpha value is -1.37. The van der Waals surface area contributed by atoms with Crippen molar-refractivity contribution in [3.8, 4) is 0 Å². The molecule has 1 heterocycles. The van der Waals surface area contributed by atoms with Crippen molar-refractivity contribution in [2.75, 3.05) is 0 Å². The molecule has 1 aromatic heterocycles. The average molecular weight is 187 g/mol. The summed E-state index contributed by atoms with van der Waals surface area (Å²) >= 11 is 0. The van der Waals surface area contributed by atoms with Crippen LogP contribution in [0.4, 0.5) is 0 Å². The predicted molar refractivity (Wildman–Crippen MR) is 62.3 cm³/mol. The molecule has 0 aliphatic rings. The van der Waals surface area contributed by atoms with E-state index in [1.807, 2.05) is 30.6 Å². The van der Waals surface area contributed by atoms with E-state index >= 15 is 0 Å². The summed E-state index contributed by atoms with van der Waals surface area (Å²) in [6.07, 6.45) is 3.68. The number of benzene rings is 1. The van der Waals surface area contributed by atoms with Gasteiger partial charge >= 0.3 is 0 Å². The molecule has 0 aliphatic carbocycles. The second kappa shape index (κ2) is 5.38. The molecule has 0 saturated heterocycles. The van der Waals surface area contributed by atoms with Crippen molar-refractivity contribution in [1.29, 1.82) is 0 Å². The molecule has 0 aliphatic heterocycles. The van der Waals surface area contributed by atoms with E-state index in [9.17, 15) is 0 Å². The van der Waals surface area contributed by atoms with Crippen LogP contribution in [0.5, 0.6) is 0 Å². The lowest BCUT2D eigenvalue weighted by molar-refractivity contribution is 0.737. The van der Waals surface area contributed by atoms with Crippen molar-refractivity contribution in [2.45, 2.75) is 20.8 Å². The Balaban J connectivity index is 0.000000213. The average Bonchev–Trinajstić information content (AvgIpc) is 2.17. The second-order valence-corrected chi connectivity index (χ2v) is 3.95. The number of hydrogen-bond acceptors (Lipinski definition) is 1. The number of hydrogen-bond donors (Lipinski definition) is 0. The molecule has 1 heteroatoms. The van der Waals surface area contributed by atoms with E-state index in [0.717, 1.165) is 5.92 Å². The van der Waals surface area contributed by atoms with Crippen molar-refractivity contribution < 1.29 is 0 Å². The van der Waals surface area contributed by atoms with Crippen LogP contribution in [0.15, 0.2) is 42.7 Å². The maximum absolute atomic E-state index is 4.01. The SMILES string of the molecule is CC(C)C.c1ccc2cnccc2c1. The first-order chi connectivity index (χ1) is 6.70. The standard InChI is InChI=1S/C9H7N.C4H10/c1-2-4-9-7-10-6-5-8(9)3-1;1-4(2)3/h1-7H;4H,1-3H3. The Morgan fingerprint density at radius 3 is 2.07 bits per heavy atom. The highest BCUT2D eigenvalue weighted by molar-refractivity contribution is 5.80. The molecular formula is C13H17N. The van der Waals surface area contributed by atoms with E-state index in [-0.39, 0.29) is 0 Å². The molecule has 0 unspecified atom stereocenters. The topological polar surface area (TPSA) is 12.9 Å². The summed E-state index contributed by atoms with van der Waals surface area (Å²) in [6, 6.07) is 10.2. The minimum atomic E-state index is 0.833. The van der Waals surface area contributed by atoms with Gasteiger partial charge in [-0.25, -0.2) is 0 Å². The van der Waals surface area contributed by atoms with Gasteiger partial charge in [-0.15, -0.1) is 0 Å². The highest BCUT2D eigenvalue weighted by atomic mass is 14.6. The second-order valence-electron chi connectivity index (χ2n) is 3.95. The maximum Gasteiger partial charge on any atom is 0.0346 e. The Labute approximate surface area is 85.8 Å². The normalized spacial score (nSPS) is 9.71. The molecular weight excluding hydrogens is 170 g/mol. The van der Waals surface area contributed by atoms with Crippen LogP contribution in [0.1, 0.15) is 20.8 Å². The fourth-order valence-electron chi connectivity index (χ4n) is 1.03. The third-order valence-corrected chi connectivity index (χ3v) is 1.55. The highest BCUT2D eigenvalue weighted by Crippen LogP contribution is 2.09. The minimum Gasteiger partial charge on any atom is -0.264 e. The highest BCUT2D eigenvalue weighted by Gasteiger charge is 1.86. The summed E-state index contributed by atoms with van der Waals surface area (Å²) in [6.45, 7) is 6.50. The van der Waals surface area contributed by atoms with E-state index in [1.54, 1.807) is 0 Å². The lowest BCUT2D eigenvalue weighted by Crippen LogP contribution is -1.71. The van der Waals surface area contributed by atoms with E-state index < -0.39 is 0 Å². The Bertz CT molecular complexity index is 311. The number of pyridine rings is 1. The van der Waals surface area contributed by atoms with Crippen LogP contribution in [0.2, 0.25) is 0 Å². The van der Waals surface area contributed by atoms with Gasteiger partial charge in [-0.05, 0) is 22.8 Å². The quantitative estimate of drug-likeness (QED) is 0.609. The molecule has 0 spiro atoms. The number of rotatable bonds is 0. The molecule has 0 N–H and O–H groups in total. The van der Waals surface area contributed by atoms with Gasteiger partial charge in [0.1, 0.15) is 0 Å². The van der Waals surface area contributed by atoms with Crippen LogP contribution in [-0.4, -0.2) is 4.98 Å². The molecule has 2 rings (SSSR count). The fraction of sp³-hybridized carbons (Fsp3) is 0.308. The molecule has 0 saturated carbocycles. The Kier molecular flexibility index (Phi) is 4.11. The van der Waals surface area contributed by atoms with E-state index in [0.29, 0.717) is 0 Å². The van der Waals surface area contributed by atoms with Gasteiger partial charge in [0, 0.05) is 12.4 Å². The zero-order chi connectivity index (χ0) is 10.4. The van der Waals surface area contributed by atoms with E-state index in [4.69, 9.17) is 0 Å². The Morgan fingerprint density at radius 2 is 1.50 bits per heavy atom. The molecule has 0 fully saturated rings. The molecule has 74 valence electrons. The molecule has 0 bridgehead atoms. The zero-order valence-corrected chi connectivity index (χ0v) is 9.07. The van der Waals surface area contributed by atoms with E-state index in [2.05, 4.69) is 37.9 Å². The fourth-order valence-corrected chi connectivity index (χ4v) is 1.03. The minimum absolute atomic E-state index is 0.833. The lowest BCUT2D eigenvalue weighted by Gasteiger charge is -1.91. The van der Waals surface area contributed by atoms with E-state index in [1.165, 1.54) is 10.8 Å². The smallest absolute Gasteiger partial charge is 0.0346 e. The molecule has 1 aromatic carbocycles. The molecule has 0 amide bonds. The van der Waals surface area contributed by atoms with Gasteiger partial charge in [0.2, 0.25) is 0 Å². The summed E-state index contributed by atoms with van der Waals surface area (Å²) in [4.78, 5) is 4.01. The number of nitrogens with zero attached hydrogens (tertiary/aromatic N) is 1. The first-order valence-electron chi connectivity index (χ1n) is 4.99. The summed E-state index contributed by atoms with van der Waals surface area (Å²) in [7, 11) is 0. The maximum atomic E-state index is 4.01. The van der Waals surface area contributed by atoms with Gasteiger partial charge in [-0.2, -0.15) is 0 Å². The van der Waals surface area contributed by atoms with Crippen LogP contribution in [0.3, 0.4) is 0 Å². The number of aromatic nitrogens is 1. The van der Waals surface area contributed by atoms with Crippen LogP contribution in [-0.2, 0) is 0 Å². The van der Waals surface area contributed by atoms with Crippen molar-refractivity contribution in [3.05, 3.63) is 42.7 Å². The van der Waals surface area contributed by atoms with Gasteiger partial charge in [-0.1, -0.05) is 45.0 Å². The molecule has 2 aromatic rings. The summed E-state index contributed by atoms with van der Waals surface area (Å²) < 4.78 is 0. The van der Waals surface area contributed by atoms with Crippen molar-refractivity contribution >= 4 is 10.8 Å². The molecule has 14 heavy (non-hydrogen) atoms. The van der Waals surface area contributed by atoms with Gasteiger partial charge in [-0.3, -0.25) is 4.98 Å². The molecule has 1 nitrogen and oxygen atoms in total. The summed E-state index contributed by atoms with van der Waals surface area (Å²) in [5.41, 5.74) is 0. The molecule has 0 radical (unpaired) electrons. The van der Waals surface area contributed by atoms with Gasteiger partial charge in [0.05, 0.1) is 0 Å². The van der Waals surface area contributed by atoms with Gasteiger partial charge in [0.15, 0.2) is 0 Å². The summed E-state index contributed by atoms with van der Waals surface area (Å²) in [5, 5.41) is 2.45. The van der Waals surface area contributed by atoms with Crippen LogP contribution in [0.25, 0.3) is 10.8 Å². The van der Waals surface area contributed by atoms with Gasteiger partial charge < -0.3 is 0 Å².